The third-order valence-corrected chi connectivity index (χ3v) is 5.33. The number of cyclic esters (lactones) is 2. The Bertz CT molecular complexity index is 801. The molecule has 28 heavy (non-hydrogen) atoms. The monoisotopic (exact) mass is 426 g/mol. The van der Waals surface area contributed by atoms with Crippen LogP contribution in [-0.4, -0.2) is 43.3 Å². The maximum Gasteiger partial charge on any atom is 0.340 e. The van der Waals surface area contributed by atoms with E-state index in [4.69, 9.17) is 32.7 Å². The second kappa shape index (κ2) is 8.51. The lowest BCUT2D eigenvalue weighted by atomic mass is 9.87. The highest BCUT2D eigenvalue weighted by Gasteiger charge is 2.56. The maximum atomic E-state index is 13.7. The van der Waals surface area contributed by atoms with Crippen molar-refractivity contribution in [2.75, 3.05) is 24.5 Å². The SMILES string of the molecule is CCN(C(=O)C1(C2CCNCC2)OC(=O)C=CC(=O)O1)c1ccc(Cl)cc1Cl. The number of nitrogens with one attached hydrogen (secondary N) is 1. The highest BCUT2D eigenvalue weighted by Crippen LogP contribution is 2.38. The van der Waals surface area contributed by atoms with Gasteiger partial charge in [0, 0.05) is 29.6 Å². The van der Waals surface area contributed by atoms with E-state index >= 15 is 0 Å². The maximum absolute atomic E-state index is 13.7. The largest absolute Gasteiger partial charge is 0.410 e. The van der Waals surface area contributed by atoms with Crippen molar-refractivity contribution in [3.8, 4) is 0 Å². The Kier molecular flexibility index (Phi) is 6.27. The van der Waals surface area contributed by atoms with Gasteiger partial charge in [0.2, 0.25) is 0 Å². The number of hydrogen-bond donors (Lipinski definition) is 1. The number of carbonyl (C=O) groups excluding carboxylic acids is 3. The molecule has 2 aliphatic heterocycles. The lowest BCUT2D eigenvalue weighted by molar-refractivity contribution is -0.236. The molecule has 3 rings (SSSR count). The number of nitrogens with zero attached hydrogens (tertiary/aromatic N) is 1. The smallest absolute Gasteiger partial charge is 0.340 e. The first kappa shape index (κ1) is 20.6. The molecular formula is C19H20Cl2N2O5. The van der Waals surface area contributed by atoms with E-state index in [9.17, 15) is 14.4 Å². The number of likely N-dealkylation sites (N-methyl/N-ethyl adjacent to an activating group) is 1. The van der Waals surface area contributed by atoms with Gasteiger partial charge in [0.1, 0.15) is 0 Å². The molecule has 0 unspecified atom stereocenters. The molecule has 1 aromatic carbocycles. The fraction of sp³-hybridized carbons (Fsp3) is 0.421. The van der Waals surface area contributed by atoms with Gasteiger partial charge in [-0.3, -0.25) is 4.79 Å². The Balaban J connectivity index is 2.06. The summed E-state index contributed by atoms with van der Waals surface area (Å²) in [5.74, 6) is -4.82. The molecule has 2 heterocycles. The minimum absolute atomic E-state index is 0.218. The lowest BCUT2D eigenvalue weighted by Gasteiger charge is -2.41. The van der Waals surface area contributed by atoms with Crippen molar-refractivity contribution in [3.63, 3.8) is 0 Å². The molecule has 0 atom stereocenters. The summed E-state index contributed by atoms with van der Waals surface area (Å²) in [7, 11) is 0. The number of piperidine rings is 1. The quantitative estimate of drug-likeness (QED) is 0.744. The van der Waals surface area contributed by atoms with Crippen LogP contribution in [0.3, 0.4) is 0 Å². The molecular weight excluding hydrogens is 407 g/mol. The second-order valence-electron chi connectivity index (χ2n) is 6.51. The van der Waals surface area contributed by atoms with Crippen LogP contribution < -0.4 is 10.2 Å². The number of anilines is 1. The van der Waals surface area contributed by atoms with E-state index in [0.29, 0.717) is 36.6 Å². The summed E-state index contributed by atoms with van der Waals surface area (Å²) in [6, 6.07) is 4.71. The van der Waals surface area contributed by atoms with Gasteiger partial charge in [0.25, 0.3) is 0 Å². The number of hydrogen-bond acceptors (Lipinski definition) is 6. The van der Waals surface area contributed by atoms with E-state index < -0.39 is 29.6 Å². The summed E-state index contributed by atoms with van der Waals surface area (Å²) in [6.45, 7) is 3.18. The molecule has 1 amide bonds. The standard InChI is InChI=1S/C19H20Cl2N2O5/c1-2-23(15-4-3-13(20)11-14(15)21)18(26)19(12-7-9-22-10-8-12)27-16(24)5-6-17(25)28-19/h3-6,11-12,22H,2,7-10H2,1H3. The molecule has 0 aliphatic carbocycles. The topological polar surface area (TPSA) is 84.9 Å². The zero-order chi connectivity index (χ0) is 20.3. The summed E-state index contributed by atoms with van der Waals surface area (Å²) >= 11 is 12.3. The Labute approximate surface area is 172 Å². The summed E-state index contributed by atoms with van der Waals surface area (Å²) in [4.78, 5) is 39.4. The van der Waals surface area contributed by atoms with Crippen molar-refractivity contribution < 1.29 is 23.9 Å². The number of amides is 1. The number of ether oxygens (including phenoxy) is 2. The van der Waals surface area contributed by atoms with Gasteiger partial charge in [-0.2, -0.15) is 0 Å². The molecule has 7 nitrogen and oxygen atoms in total. The molecule has 0 spiro atoms. The van der Waals surface area contributed by atoms with Gasteiger partial charge in [-0.05, 0) is 51.1 Å². The molecule has 0 bridgehead atoms. The molecule has 150 valence electrons. The molecule has 1 aromatic rings. The molecule has 9 heteroatoms. The predicted molar refractivity (Wildman–Crippen MR) is 104 cm³/mol. The summed E-state index contributed by atoms with van der Waals surface area (Å²) in [5, 5.41) is 3.86. The summed E-state index contributed by atoms with van der Waals surface area (Å²) in [5.41, 5.74) is 0.385. The van der Waals surface area contributed by atoms with Gasteiger partial charge < -0.3 is 19.7 Å². The third-order valence-electron chi connectivity index (χ3n) is 4.80. The molecule has 0 radical (unpaired) electrons. The Morgan fingerprint density at radius 3 is 2.32 bits per heavy atom. The first-order valence-corrected chi connectivity index (χ1v) is 9.74. The van der Waals surface area contributed by atoms with Crippen molar-refractivity contribution >= 4 is 46.7 Å². The van der Waals surface area contributed by atoms with Gasteiger partial charge >= 0.3 is 23.6 Å². The Hall–Kier alpha value is -2.09. The van der Waals surface area contributed by atoms with Crippen LogP contribution in [0.15, 0.2) is 30.4 Å². The van der Waals surface area contributed by atoms with E-state index in [0.717, 1.165) is 12.2 Å². The Morgan fingerprint density at radius 2 is 1.79 bits per heavy atom. The van der Waals surface area contributed by atoms with Crippen molar-refractivity contribution in [2.24, 2.45) is 5.92 Å². The highest BCUT2D eigenvalue weighted by atomic mass is 35.5. The van der Waals surface area contributed by atoms with Crippen LogP contribution in [0.1, 0.15) is 19.8 Å². The van der Waals surface area contributed by atoms with E-state index in [1.807, 2.05) is 0 Å². The van der Waals surface area contributed by atoms with Crippen molar-refractivity contribution in [1.82, 2.24) is 5.32 Å². The molecule has 1 fully saturated rings. The van der Waals surface area contributed by atoms with Crippen molar-refractivity contribution in [1.29, 1.82) is 0 Å². The fourth-order valence-electron chi connectivity index (χ4n) is 3.47. The van der Waals surface area contributed by atoms with Crippen LogP contribution in [-0.2, 0) is 23.9 Å². The van der Waals surface area contributed by atoms with E-state index in [-0.39, 0.29) is 11.6 Å². The van der Waals surface area contributed by atoms with Gasteiger partial charge in [0.15, 0.2) is 0 Å². The van der Waals surface area contributed by atoms with Crippen LogP contribution in [0.25, 0.3) is 0 Å². The number of esters is 2. The molecule has 0 aromatic heterocycles. The third kappa shape index (κ3) is 4.01. The fourth-order valence-corrected chi connectivity index (χ4v) is 3.98. The predicted octanol–water partition coefficient (Wildman–Crippen LogP) is 2.70. The average molecular weight is 427 g/mol. The number of halogens is 2. The van der Waals surface area contributed by atoms with Crippen LogP contribution in [0.5, 0.6) is 0 Å². The molecule has 2 aliphatic rings. The molecule has 0 saturated carbocycles. The minimum atomic E-state index is -2.06. The van der Waals surface area contributed by atoms with Gasteiger partial charge in [-0.15, -0.1) is 0 Å². The van der Waals surface area contributed by atoms with Gasteiger partial charge in [-0.25, -0.2) is 9.59 Å². The zero-order valence-corrected chi connectivity index (χ0v) is 16.8. The zero-order valence-electron chi connectivity index (χ0n) is 15.2. The number of rotatable bonds is 4. The normalized spacial score (nSPS) is 19.5. The summed E-state index contributed by atoms with van der Waals surface area (Å²) < 4.78 is 11.0. The average Bonchev–Trinajstić information content (AvgIpc) is 2.83. The summed E-state index contributed by atoms with van der Waals surface area (Å²) in [6.07, 6.45) is 2.92. The first-order valence-electron chi connectivity index (χ1n) is 8.99. The minimum Gasteiger partial charge on any atom is -0.410 e. The highest BCUT2D eigenvalue weighted by molar-refractivity contribution is 6.36. The van der Waals surface area contributed by atoms with E-state index in [1.54, 1.807) is 19.1 Å². The molecule has 1 N–H and O–H groups in total. The number of carbonyl (C=O) groups is 3. The van der Waals surface area contributed by atoms with E-state index in [2.05, 4.69) is 5.32 Å². The second-order valence-corrected chi connectivity index (χ2v) is 7.36. The van der Waals surface area contributed by atoms with Crippen molar-refractivity contribution in [3.05, 3.63) is 40.4 Å². The van der Waals surface area contributed by atoms with Crippen LogP contribution in [0.4, 0.5) is 5.69 Å². The van der Waals surface area contributed by atoms with Crippen LogP contribution in [0.2, 0.25) is 10.0 Å². The van der Waals surface area contributed by atoms with Crippen LogP contribution in [0, 0.1) is 5.92 Å². The Morgan fingerprint density at radius 1 is 1.18 bits per heavy atom. The van der Waals surface area contributed by atoms with Crippen LogP contribution >= 0.6 is 23.2 Å². The number of benzene rings is 1. The van der Waals surface area contributed by atoms with Gasteiger partial charge in [-0.1, -0.05) is 23.2 Å². The van der Waals surface area contributed by atoms with E-state index in [1.165, 1.54) is 11.0 Å². The first-order chi connectivity index (χ1) is 13.4. The van der Waals surface area contributed by atoms with Crippen molar-refractivity contribution in [2.45, 2.75) is 25.6 Å². The lowest BCUT2D eigenvalue weighted by Crippen LogP contribution is -2.60. The molecule has 1 saturated heterocycles. The van der Waals surface area contributed by atoms with Gasteiger partial charge in [0.05, 0.1) is 10.7 Å².